The molecule has 0 unspecified atom stereocenters. The normalized spacial score (nSPS) is 14.4. The van der Waals surface area contributed by atoms with Crippen LogP contribution in [-0.4, -0.2) is 43.7 Å². The highest BCUT2D eigenvalue weighted by Gasteiger charge is 2.33. The number of nitrogens with zero attached hydrogens (tertiary/aromatic N) is 4. The molecule has 30 heavy (non-hydrogen) atoms. The Morgan fingerprint density at radius 1 is 1.17 bits per heavy atom. The highest BCUT2D eigenvalue weighted by Crippen LogP contribution is 2.32. The van der Waals surface area contributed by atoms with Crippen molar-refractivity contribution in [2.24, 2.45) is 0 Å². The summed E-state index contributed by atoms with van der Waals surface area (Å²) in [5.74, 6) is 0.311. The van der Waals surface area contributed by atoms with Gasteiger partial charge in [-0.05, 0) is 36.4 Å². The number of alkyl halides is 3. The standard InChI is InChI=1S/C19H13ClF4N4OS/c20-12-5-11(6-13(21)7-12)16-9-15(18(29)27-3-4-30-10-27)26-28(16)14-1-2-25-17(8-14)19(22,23)24/h1-2,5-9H,3-4,10H2. The highest BCUT2D eigenvalue weighted by molar-refractivity contribution is 7.99. The summed E-state index contributed by atoms with van der Waals surface area (Å²) in [5.41, 5.74) is -0.540. The van der Waals surface area contributed by atoms with Gasteiger partial charge in [0.25, 0.3) is 5.91 Å². The quantitative estimate of drug-likeness (QED) is 0.526. The maximum Gasteiger partial charge on any atom is 0.433 e. The molecule has 0 spiro atoms. The maximum absolute atomic E-state index is 13.9. The number of benzene rings is 1. The molecule has 11 heteroatoms. The van der Waals surface area contributed by atoms with E-state index in [2.05, 4.69) is 10.1 Å². The van der Waals surface area contributed by atoms with E-state index in [1.165, 1.54) is 28.9 Å². The number of carbonyl (C=O) groups excluding carboxylic acids is 1. The van der Waals surface area contributed by atoms with Gasteiger partial charge in [-0.15, -0.1) is 11.8 Å². The Morgan fingerprint density at radius 3 is 2.63 bits per heavy atom. The van der Waals surface area contributed by atoms with Crippen molar-refractivity contribution < 1.29 is 22.4 Å². The van der Waals surface area contributed by atoms with Gasteiger partial charge >= 0.3 is 6.18 Å². The van der Waals surface area contributed by atoms with Gasteiger partial charge in [-0.2, -0.15) is 18.3 Å². The number of thioether (sulfide) groups is 1. The third-order valence-electron chi connectivity index (χ3n) is 4.41. The molecule has 0 saturated carbocycles. The number of halogens is 5. The summed E-state index contributed by atoms with van der Waals surface area (Å²) in [6.45, 7) is 0.547. The fourth-order valence-electron chi connectivity index (χ4n) is 3.03. The molecule has 3 heterocycles. The van der Waals surface area contributed by atoms with Crippen molar-refractivity contribution in [2.75, 3.05) is 18.2 Å². The lowest BCUT2D eigenvalue weighted by atomic mass is 10.1. The monoisotopic (exact) mass is 456 g/mol. The minimum Gasteiger partial charge on any atom is -0.327 e. The lowest BCUT2D eigenvalue weighted by Crippen LogP contribution is -2.28. The van der Waals surface area contributed by atoms with Crippen LogP contribution in [0.25, 0.3) is 16.9 Å². The summed E-state index contributed by atoms with van der Waals surface area (Å²) in [5, 5.41) is 4.34. The molecular formula is C19H13ClF4N4OS. The Bertz CT molecular complexity index is 1090. The Kier molecular flexibility index (Phi) is 5.46. The van der Waals surface area contributed by atoms with E-state index in [9.17, 15) is 22.4 Å². The molecule has 1 aliphatic rings. The van der Waals surface area contributed by atoms with E-state index in [1.54, 1.807) is 16.7 Å². The van der Waals surface area contributed by atoms with Crippen molar-refractivity contribution in [3.8, 4) is 16.9 Å². The van der Waals surface area contributed by atoms with Gasteiger partial charge in [0.1, 0.15) is 11.5 Å². The van der Waals surface area contributed by atoms with Gasteiger partial charge in [-0.3, -0.25) is 9.78 Å². The molecule has 1 fully saturated rings. The SMILES string of the molecule is O=C(c1cc(-c2cc(F)cc(Cl)c2)n(-c2ccnc(C(F)(F)F)c2)n1)N1CCSC1. The molecule has 5 nitrogen and oxygen atoms in total. The van der Waals surface area contributed by atoms with Gasteiger partial charge in [0.05, 0.1) is 17.3 Å². The molecule has 0 N–H and O–H groups in total. The maximum atomic E-state index is 13.9. The van der Waals surface area contributed by atoms with Gasteiger partial charge in [-0.1, -0.05) is 11.6 Å². The van der Waals surface area contributed by atoms with Crippen LogP contribution >= 0.6 is 23.4 Å². The summed E-state index contributed by atoms with van der Waals surface area (Å²) >= 11 is 7.54. The van der Waals surface area contributed by atoms with Crippen LogP contribution in [0.2, 0.25) is 5.02 Å². The zero-order valence-corrected chi connectivity index (χ0v) is 16.7. The molecule has 1 aliphatic heterocycles. The van der Waals surface area contributed by atoms with Crippen LogP contribution < -0.4 is 0 Å². The summed E-state index contributed by atoms with van der Waals surface area (Å²) in [6.07, 6.45) is -3.66. The first kappa shape index (κ1) is 20.7. The Hall–Kier alpha value is -2.59. The first-order valence-electron chi connectivity index (χ1n) is 8.69. The number of rotatable bonds is 3. The van der Waals surface area contributed by atoms with E-state index in [4.69, 9.17) is 11.6 Å². The third-order valence-corrected chi connectivity index (χ3v) is 5.59. The van der Waals surface area contributed by atoms with Crippen molar-refractivity contribution in [1.29, 1.82) is 0 Å². The van der Waals surface area contributed by atoms with Crippen LogP contribution in [0.15, 0.2) is 42.6 Å². The fraction of sp³-hybridized carbons (Fsp3) is 0.211. The number of hydrogen-bond acceptors (Lipinski definition) is 4. The van der Waals surface area contributed by atoms with Crippen molar-refractivity contribution in [2.45, 2.75) is 6.18 Å². The molecule has 156 valence electrons. The molecule has 0 atom stereocenters. The lowest BCUT2D eigenvalue weighted by Gasteiger charge is -2.12. The molecule has 1 amide bonds. The minimum atomic E-state index is -4.66. The first-order chi connectivity index (χ1) is 14.2. The van der Waals surface area contributed by atoms with Crippen molar-refractivity contribution in [3.63, 3.8) is 0 Å². The van der Waals surface area contributed by atoms with Crippen molar-refractivity contribution >= 4 is 29.3 Å². The zero-order valence-electron chi connectivity index (χ0n) is 15.2. The van der Waals surface area contributed by atoms with Crippen LogP contribution in [0.4, 0.5) is 17.6 Å². The fourth-order valence-corrected chi connectivity index (χ4v) is 4.20. The van der Waals surface area contributed by atoms with Gasteiger partial charge in [0.15, 0.2) is 5.69 Å². The van der Waals surface area contributed by atoms with E-state index < -0.39 is 17.7 Å². The highest BCUT2D eigenvalue weighted by atomic mass is 35.5. The van der Waals surface area contributed by atoms with Gasteiger partial charge in [0.2, 0.25) is 0 Å². The summed E-state index contributed by atoms with van der Waals surface area (Å²) < 4.78 is 54.5. The molecule has 0 radical (unpaired) electrons. The van der Waals surface area contributed by atoms with E-state index in [0.717, 1.165) is 24.1 Å². The van der Waals surface area contributed by atoms with Crippen LogP contribution in [0, 0.1) is 5.82 Å². The minimum absolute atomic E-state index is 0.0301. The van der Waals surface area contributed by atoms with E-state index >= 15 is 0 Å². The number of amides is 1. The van der Waals surface area contributed by atoms with E-state index in [-0.39, 0.29) is 33.6 Å². The van der Waals surface area contributed by atoms with Crippen LogP contribution in [0.1, 0.15) is 16.2 Å². The summed E-state index contributed by atoms with van der Waals surface area (Å²) in [6, 6.07) is 7.29. The molecular weight excluding hydrogens is 444 g/mol. The number of carbonyl (C=O) groups is 1. The van der Waals surface area contributed by atoms with Gasteiger partial charge in [0, 0.05) is 29.1 Å². The molecule has 1 aromatic carbocycles. The van der Waals surface area contributed by atoms with Crippen molar-refractivity contribution in [3.05, 3.63) is 64.8 Å². The molecule has 3 aromatic rings. The second kappa shape index (κ2) is 7.92. The molecule has 4 rings (SSSR count). The molecule has 0 bridgehead atoms. The number of hydrogen-bond donors (Lipinski definition) is 0. The van der Waals surface area contributed by atoms with Crippen molar-refractivity contribution in [1.82, 2.24) is 19.7 Å². The summed E-state index contributed by atoms with van der Waals surface area (Å²) in [4.78, 5) is 17.7. The van der Waals surface area contributed by atoms with Gasteiger partial charge in [-0.25, -0.2) is 9.07 Å². The predicted molar refractivity (Wildman–Crippen MR) is 105 cm³/mol. The average molecular weight is 457 g/mol. The second-order valence-corrected chi connectivity index (χ2v) is 8.00. The van der Waals surface area contributed by atoms with E-state index in [1.807, 2.05) is 0 Å². The van der Waals surface area contributed by atoms with Crippen LogP contribution in [-0.2, 0) is 6.18 Å². The zero-order chi connectivity index (χ0) is 21.5. The number of pyridine rings is 1. The first-order valence-corrected chi connectivity index (χ1v) is 10.2. The summed E-state index contributed by atoms with van der Waals surface area (Å²) in [7, 11) is 0. The smallest absolute Gasteiger partial charge is 0.327 e. The topological polar surface area (TPSA) is 51.0 Å². The second-order valence-electron chi connectivity index (χ2n) is 6.49. The Labute approximate surface area is 177 Å². The third kappa shape index (κ3) is 4.15. The number of aromatic nitrogens is 3. The van der Waals surface area contributed by atoms with E-state index in [0.29, 0.717) is 12.4 Å². The molecule has 1 saturated heterocycles. The Morgan fingerprint density at radius 2 is 1.97 bits per heavy atom. The largest absolute Gasteiger partial charge is 0.433 e. The molecule has 2 aromatic heterocycles. The molecule has 0 aliphatic carbocycles. The Balaban J connectivity index is 1.86. The average Bonchev–Trinajstić information content (AvgIpc) is 3.36. The van der Waals surface area contributed by atoms with Crippen LogP contribution in [0.3, 0.4) is 0 Å². The van der Waals surface area contributed by atoms with Gasteiger partial charge < -0.3 is 4.90 Å². The lowest BCUT2D eigenvalue weighted by molar-refractivity contribution is -0.141. The van der Waals surface area contributed by atoms with Crippen LogP contribution in [0.5, 0.6) is 0 Å². The predicted octanol–water partition coefficient (Wildman–Crippen LogP) is 4.89.